The smallest absolute Gasteiger partial charge is 0.256 e. The Morgan fingerprint density at radius 2 is 2.08 bits per heavy atom. The molecule has 2 amide bonds. The number of imidazole rings is 1. The van der Waals surface area contributed by atoms with Crippen molar-refractivity contribution in [1.29, 1.82) is 0 Å². The first kappa shape index (κ1) is 24.5. The molecule has 0 aromatic carbocycles. The molecule has 4 heterocycles. The predicted octanol–water partition coefficient (Wildman–Crippen LogP) is -1.39. The second kappa shape index (κ2) is 10.1. The molecule has 37 heavy (non-hydrogen) atoms. The van der Waals surface area contributed by atoms with Crippen molar-refractivity contribution < 1.29 is 24.5 Å². The van der Waals surface area contributed by atoms with E-state index >= 15 is 0 Å². The first-order chi connectivity index (χ1) is 17.9. The van der Waals surface area contributed by atoms with Crippen molar-refractivity contribution >= 4 is 28.8 Å². The zero-order valence-electron chi connectivity index (χ0n) is 19.9. The van der Waals surface area contributed by atoms with Crippen LogP contribution >= 0.6 is 0 Å². The number of carbonyl (C=O) groups excluding carboxylic acids is 2. The summed E-state index contributed by atoms with van der Waals surface area (Å²) in [6.07, 6.45) is 1.77. The fourth-order valence-electron chi connectivity index (χ4n) is 4.28. The molecule has 0 radical (unpaired) electrons. The minimum Gasteiger partial charge on any atom is -0.387 e. The number of hydrogen-bond acceptors (Lipinski definition) is 11. The fraction of sp³-hybridized carbons (Fsp3) is 0.435. The van der Waals surface area contributed by atoms with Gasteiger partial charge in [0.15, 0.2) is 23.8 Å². The Kier molecular flexibility index (Phi) is 6.66. The summed E-state index contributed by atoms with van der Waals surface area (Å²) in [6, 6.07) is 1.70. The van der Waals surface area contributed by atoms with Gasteiger partial charge in [-0.2, -0.15) is 10.2 Å². The summed E-state index contributed by atoms with van der Waals surface area (Å²) in [5.41, 5.74) is 6.96. The van der Waals surface area contributed by atoms with Gasteiger partial charge in [-0.1, -0.05) is 5.92 Å². The summed E-state index contributed by atoms with van der Waals surface area (Å²) in [6.45, 7) is 0.150. The Bertz CT molecular complexity index is 1380. The molecule has 5 rings (SSSR count). The number of nitrogens with two attached hydrogens (primary N) is 1. The highest BCUT2D eigenvalue weighted by Crippen LogP contribution is 2.32. The number of hydrogen-bond donors (Lipinski definition) is 4. The minimum atomic E-state index is -1.45. The van der Waals surface area contributed by atoms with Crippen LogP contribution in [0.1, 0.15) is 41.7 Å². The number of nitrogens with one attached hydrogen (secondary N) is 1. The standard InChI is InChI=1S/C23H25N9O5/c1-25-21(35)18-16(33)17(34)23(37-18)32-11-26-15-19(24)29-14(30-20(15)32)6-3-9-31(13-4-2-5-13)22(36)12-7-8-27-28-10-12/h7-8,10-11,13,16-18,23,33-34H,2,4-5,9H2,1H3,(H,25,35)(H2,24,29,30)/t16?,17-,18+,23-/m1/s1. The molecule has 1 saturated heterocycles. The van der Waals surface area contributed by atoms with Gasteiger partial charge >= 0.3 is 0 Å². The van der Waals surface area contributed by atoms with E-state index in [1.54, 1.807) is 11.0 Å². The molecule has 0 bridgehead atoms. The topological polar surface area (TPSA) is 194 Å². The molecule has 1 saturated carbocycles. The number of rotatable bonds is 5. The minimum absolute atomic E-state index is 0.0544. The van der Waals surface area contributed by atoms with Crippen LogP contribution in [0.2, 0.25) is 0 Å². The molecule has 2 aliphatic rings. The van der Waals surface area contributed by atoms with Gasteiger partial charge in [-0.15, -0.1) is 0 Å². The van der Waals surface area contributed by atoms with Gasteiger partial charge in [-0.05, 0) is 31.2 Å². The van der Waals surface area contributed by atoms with Crippen LogP contribution in [0.5, 0.6) is 0 Å². The average molecular weight is 508 g/mol. The highest BCUT2D eigenvalue weighted by Gasteiger charge is 2.47. The number of likely N-dealkylation sites (N-methyl/N-ethyl adjacent to an activating group) is 1. The van der Waals surface area contributed by atoms with Gasteiger partial charge in [-0.3, -0.25) is 14.2 Å². The van der Waals surface area contributed by atoms with Gasteiger partial charge in [0.2, 0.25) is 5.82 Å². The molecule has 4 atom stereocenters. The quantitative estimate of drug-likeness (QED) is 0.297. The number of fused-ring (bicyclic) bond motifs is 1. The van der Waals surface area contributed by atoms with E-state index < -0.39 is 30.4 Å². The molecule has 3 aromatic rings. The molecule has 2 fully saturated rings. The van der Waals surface area contributed by atoms with Gasteiger partial charge < -0.3 is 30.9 Å². The van der Waals surface area contributed by atoms with Gasteiger partial charge in [0.1, 0.15) is 17.7 Å². The van der Waals surface area contributed by atoms with Gasteiger partial charge in [0.05, 0.1) is 30.8 Å². The van der Waals surface area contributed by atoms with Crippen LogP contribution in [0.15, 0.2) is 24.8 Å². The number of ether oxygens (including phenoxy) is 1. The van der Waals surface area contributed by atoms with Gasteiger partial charge in [-0.25, -0.2) is 15.0 Å². The van der Waals surface area contributed by atoms with E-state index in [0.29, 0.717) is 5.56 Å². The molecular weight excluding hydrogens is 482 g/mol. The van der Waals surface area contributed by atoms with Crippen LogP contribution in [0.4, 0.5) is 5.82 Å². The van der Waals surface area contributed by atoms with Crippen LogP contribution in [-0.4, -0.2) is 94.6 Å². The van der Waals surface area contributed by atoms with E-state index in [1.807, 2.05) is 0 Å². The lowest BCUT2D eigenvalue weighted by Crippen LogP contribution is -2.44. The Labute approximate surface area is 210 Å². The monoisotopic (exact) mass is 507 g/mol. The number of aliphatic hydroxyl groups excluding tert-OH is 2. The lowest BCUT2D eigenvalue weighted by Gasteiger charge is -2.36. The molecule has 14 heteroatoms. The van der Waals surface area contributed by atoms with E-state index in [2.05, 4.69) is 42.3 Å². The highest BCUT2D eigenvalue weighted by molar-refractivity contribution is 5.94. The zero-order chi connectivity index (χ0) is 26.1. The molecule has 1 aliphatic heterocycles. The van der Waals surface area contributed by atoms with Crippen LogP contribution in [0, 0.1) is 11.8 Å². The molecule has 5 N–H and O–H groups in total. The summed E-state index contributed by atoms with van der Waals surface area (Å²) < 4.78 is 6.99. The Balaban J connectivity index is 1.40. The van der Waals surface area contributed by atoms with E-state index in [1.165, 1.54) is 30.3 Å². The van der Waals surface area contributed by atoms with E-state index in [0.717, 1.165) is 19.3 Å². The summed E-state index contributed by atoms with van der Waals surface area (Å²) in [5.74, 6) is 5.18. The normalized spacial score (nSPS) is 23.2. The maximum atomic E-state index is 13.0. The van der Waals surface area contributed by atoms with Crippen molar-refractivity contribution in [2.75, 3.05) is 19.3 Å². The third-order valence-electron chi connectivity index (χ3n) is 6.52. The molecule has 1 unspecified atom stereocenters. The first-order valence-corrected chi connectivity index (χ1v) is 11.7. The number of aromatic nitrogens is 6. The largest absolute Gasteiger partial charge is 0.387 e. The van der Waals surface area contributed by atoms with Crippen molar-refractivity contribution in [2.45, 2.75) is 49.8 Å². The number of amides is 2. The third-order valence-corrected chi connectivity index (χ3v) is 6.52. The Hall–Kier alpha value is -4.19. The third kappa shape index (κ3) is 4.55. The van der Waals surface area contributed by atoms with Gasteiger partial charge in [0, 0.05) is 13.1 Å². The first-order valence-electron chi connectivity index (χ1n) is 11.7. The highest BCUT2D eigenvalue weighted by atomic mass is 16.6. The van der Waals surface area contributed by atoms with Crippen LogP contribution in [0.25, 0.3) is 11.2 Å². The lowest BCUT2D eigenvalue weighted by atomic mass is 9.91. The van der Waals surface area contributed by atoms with Crippen molar-refractivity contribution in [1.82, 2.24) is 39.9 Å². The SMILES string of the molecule is CNC(=O)[C@H]1O[C@@H](n2cnc3c(N)nc(C#CCN(C(=O)c4ccnnc4)C4CCC4)nc32)[C@H](O)C1O. The molecule has 14 nitrogen and oxygen atoms in total. The van der Waals surface area contributed by atoms with E-state index in [-0.39, 0.29) is 41.3 Å². The molecule has 0 spiro atoms. The summed E-state index contributed by atoms with van der Waals surface area (Å²) in [7, 11) is 1.40. The summed E-state index contributed by atoms with van der Waals surface area (Å²) in [5, 5.41) is 30.7. The maximum Gasteiger partial charge on any atom is 0.256 e. The van der Waals surface area contributed by atoms with Crippen LogP contribution in [-0.2, 0) is 9.53 Å². The lowest BCUT2D eigenvalue weighted by molar-refractivity contribution is -0.137. The number of nitrogens with zero attached hydrogens (tertiary/aromatic N) is 7. The number of nitrogen functional groups attached to an aromatic ring is 1. The predicted molar refractivity (Wildman–Crippen MR) is 127 cm³/mol. The van der Waals surface area contributed by atoms with Crippen molar-refractivity contribution in [3.8, 4) is 11.8 Å². The molecule has 192 valence electrons. The fourth-order valence-corrected chi connectivity index (χ4v) is 4.28. The molecule has 3 aromatic heterocycles. The second-order valence-corrected chi connectivity index (χ2v) is 8.75. The number of anilines is 1. The molecule has 1 aliphatic carbocycles. The number of carbonyl (C=O) groups is 2. The van der Waals surface area contributed by atoms with Gasteiger partial charge in [0.25, 0.3) is 11.8 Å². The number of aliphatic hydroxyl groups is 2. The van der Waals surface area contributed by atoms with Crippen molar-refractivity contribution in [2.24, 2.45) is 0 Å². The summed E-state index contributed by atoms with van der Waals surface area (Å²) in [4.78, 5) is 39.5. The van der Waals surface area contributed by atoms with E-state index in [4.69, 9.17) is 10.5 Å². The van der Waals surface area contributed by atoms with E-state index in [9.17, 15) is 19.8 Å². The molecular formula is C23H25N9O5. The second-order valence-electron chi connectivity index (χ2n) is 8.75. The Morgan fingerprint density at radius 1 is 1.27 bits per heavy atom. The Morgan fingerprint density at radius 3 is 2.76 bits per heavy atom. The summed E-state index contributed by atoms with van der Waals surface area (Å²) >= 11 is 0. The van der Waals surface area contributed by atoms with Crippen molar-refractivity contribution in [3.05, 3.63) is 36.2 Å². The maximum absolute atomic E-state index is 13.0. The van der Waals surface area contributed by atoms with Crippen LogP contribution < -0.4 is 11.1 Å². The average Bonchev–Trinajstić information content (AvgIpc) is 3.43. The zero-order valence-corrected chi connectivity index (χ0v) is 19.9. The van der Waals surface area contributed by atoms with Crippen molar-refractivity contribution in [3.63, 3.8) is 0 Å². The van der Waals surface area contributed by atoms with Crippen LogP contribution in [0.3, 0.4) is 0 Å².